The molecule has 2 rings (SSSR count). The van der Waals surface area contributed by atoms with Crippen LogP contribution in [-0.2, 0) is 6.54 Å². The normalized spacial score (nSPS) is 9.62. The van der Waals surface area contributed by atoms with Crippen molar-refractivity contribution in [3.63, 3.8) is 0 Å². The first-order chi connectivity index (χ1) is 10.2. The van der Waals surface area contributed by atoms with Crippen molar-refractivity contribution in [1.82, 2.24) is 14.9 Å². The number of nitrogens with zero attached hydrogens (tertiary/aromatic N) is 3. The molecule has 0 atom stereocenters. The molecule has 0 aliphatic heterocycles. The van der Waals surface area contributed by atoms with Crippen molar-refractivity contribution >= 4 is 5.91 Å². The van der Waals surface area contributed by atoms with Crippen LogP contribution < -0.4 is 5.73 Å². The van der Waals surface area contributed by atoms with Gasteiger partial charge < -0.3 is 10.6 Å². The molecule has 1 heterocycles. The van der Waals surface area contributed by atoms with Crippen LogP contribution in [0, 0.1) is 11.8 Å². The van der Waals surface area contributed by atoms with Crippen molar-refractivity contribution in [2.45, 2.75) is 6.54 Å². The predicted octanol–water partition coefficient (Wildman–Crippen LogP) is 1.06. The maximum absolute atomic E-state index is 12.2. The molecule has 21 heavy (non-hydrogen) atoms. The van der Waals surface area contributed by atoms with Crippen molar-refractivity contribution in [3.05, 3.63) is 59.7 Å². The molecular weight excluding hydrogens is 264 g/mol. The highest BCUT2D eigenvalue weighted by Gasteiger charge is 2.13. The van der Waals surface area contributed by atoms with Crippen molar-refractivity contribution in [1.29, 1.82) is 0 Å². The molecule has 0 fully saturated rings. The van der Waals surface area contributed by atoms with Gasteiger partial charge in [0.25, 0.3) is 5.91 Å². The van der Waals surface area contributed by atoms with Crippen molar-refractivity contribution < 1.29 is 4.79 Å². The first kappa shape index (κ1) is 14.7. The van der Waals surface area contributed by atoms with Crippen LogP contribution in [0.1, 0.15) is 21.6 Å². The van der Waals surface area contributed by atoms with Gasteiger partial charge in [-0.3, -0.25) is 9.78 Å². The van der Waals surface area contributed by atoms with Gasteiger partial charge in [0.05, 0.1) is 12.7 Å². The summed E-state index contributed by atoms with van der Waals surface area (Å²) in [7, 11) is 1.73. The number of nitrogens with two attached hydrogens (primary N) is 1. The van der Waals surface area contributed by atoms with Gasteiger partial charge in [-0.2, -0.15) is 0 Å². The summed E-state index contributed by atoms with van der Waals surface area (Å²) < 4.78 is 0. The number of carbonyl (C=O) groups is 1. The standard InChI is InChI=1S/C16H16N4O/c1-20(16(21)15-11-18-8-9-19-15)12-14-5-2-4-13(10-14)6-3-7-17/h2,4-5,8-11H,7,12,17H2,1H3. The number of aromatic nitrogens is 2. The zero-order chi connectivity index (χ0) is 15.1. The fraction of sp³-hybridized carbons (Fsp3) is 0.188. The molecule has 0 saturated carbocycles. The molecule has 0 bridgehead atoms. The third-order valence-electron chi connectivity index (χ3n) is 2.81. The second kappa shape index (κ2) is 7.17. The van der Waals surface area contributed by atoms with E-state index in [0.717, 1.165) is 11.1 Å². The first-order valence-electron chi connectivity index (χ1n) is 6.50. The number of hydrogen-bond acceptors (Lipinski definition) is 4. The lowest BCUT2D eigenvalue weighted by Crippen LogP contribution is -2.27. The van der Waals surface area contributed by atoms with Crippen molar-refractivity contribution in [3.8, 4) is 11.8 Å². The van der Waals surface area contributed by atoms with Crippen LogP contribution >= 0.6 is 0 Å². The Bertz CT molecular complexity index is 673. The molecule has 0 aliphatic rings. The Labute approximate surface area is 123 Å². The molecule has 5 nitrogen and oxygen atoms in total. The number of hydrogen-bond donors (Lipinski definition) is 1. The second-order valence-corrected chi connectivity index (χ2v) is 4.46. The second-order valence-electron chi connectivity index (χ2n) is 4.46. The van der Waals surface area contributed by atoms with Gasteiger partial charge in [-0.15, -0.1) is 0 Å². The number of carbonyl (C=O) groups excluding carboxylic acids is 1. The van der Waals surface area contributed by atoms with Gasteiger partial charge in [0.15, 0.2) is 0 Å². The van der Waals surface area contributed by atoms with E-state index in [0.29, 0.717) is 18.8 Å². The van der Waals surface area contributed by atoms with Crippen LogP contribution in [0.15, 0.2) is 42.9 Å². The van der Waals surface area contributed by atoms with Crippen molar-refractivity contribution in [2.24, 2.45) is 5.73 Å². The number of benzene rings is 1. The molecule has 5 heteroatoms. The van der Waals surface area contributed by atoms with E-state index in [1.54, 1.807) is 11.9 Å². The minimum absolute atomic E-state index is 0.165. The highest BCUT2D eigenvalue weighted by molar-refractivity contribution is 5.91. The number of amides is 1. The fourth-order valence-electron chi connectivity index (χ4n) is 1.85. The predicted molar refractivity (Wildman–Crippen MR) is 80.2 cm³/mol. The Morgan fingerprint density at radius 1 is 1.38 bits per heavy atom. The lowest BCUT2D eigenvalue weighted by Gasteiger charge is -2.16. The Hall–Kier alpha value is -2.71. The van der Waals surface area contributed by atoms with Crippen LogP contribution in [0.4, 0.5) is 0 Å². The van der Waals surface area contributed by atoms with Gasteiger partial charge >= 0.3 is 0 Å². The van der Waals surface area contributed by atoms with Crippen LogP contribution in [0.5, 0.6) is 0 Å². The Morgan fingerprint density at radius 3 is 2.95 bits per heavy atom. The zero-order valence-electron chi connectivity index (χ0n) is 11.8. The third kappa shape index (κ3) is 4.13. The average Bonchev–Trinajstić information content (AvgIpc) is 2.53. The molecule has 0 saturated heterocycles. The van der Waals surface area contributed by atoms with E-state index in [2.05, 4.69) is 21.8 Å². The summed E-state index contributed by atoms with van der Waals surface area (Å²) in [5, 5.41) is 0. The van der Waals surface area contributed by atoms with Crippen LogP contribution in [0.25, 0.3) is 0 Å². The monoisotopic (exact) mass is 280 g/mol. The summed E-state index contributed by atoms with van der Waals surface area (Å²) in [4.78, 5) is 21.7. The van der Waals surface area contributed by atoms with Gasteiger partial charge in [0.2, 0.25) is 0 Å². The molecule has 0 spiro atoms. The summed E-state index contributed by atoms with van der Waals surface area (Å²) in [5.74, 6) is 5.63. The zero-order valence-corrected chi connectivity index (χ0v) is 11.8. The maximum atomic E-state index is 12.2. The van der Waals surface area contributed by atoms with Crippen LogP contribution in [0.2, 0.25) is 0 Å². The summed E-state index contributed by atoms with van der Waals surface area (Å²) in [5.41, 5.74) is 7.58. The molecule has 1 aromatic carbocycles. The molecule has 2 N–H and O–H groups in total. The molecule has 0 radical (unpaired) electrons. The summed E-state index contributed by atoms with van der Waals surface area (Å²) >= 11 is 0. The fourth-order valence-corrected chi connectivity index (χ4v) is 1.85. The topological polar surface area (TPSA) is 72.1 Å². The van der Waals surface area contributed by atoms with Crippen molar-refractivity contribution in [2.75, 3.05) is 13.6 Å². The molecule has 1 aromatic heterocycles. The van der Waals surface area contributed by atoms with Gasteiger partial charge in [0.1, 0.15) is 5.69 Å². The van der Waals surface area contributed by atoms with Gasteiger partial charge in [-0.1, -0.05) is 24.0 Å². The van der Waals surface area contributed by atoms with Gasteiger partial charge in [-0.25, -0.2) is 4.98 Å². The SMILES string of the molecule is CN(Cc1cccc(C#CCN)c1)C(=O)c1cnccn1. The van der Waals surface area contributed by atoms with E-state index in [4.69, 9.17) is 5.73 Å². The highest BCUT2D eigenvalue weighted by atomic mass is 16.2. The largest absolute Gasteiger partial charge is 0.336 e. The minimum atomic E-state index is -0.165. The molecule has 106 valence electrons. The quantitative estimate of drug-likeness (QED) is 0.853. The number of rotatable bonds is 3. The van der Waals surface area contributed by atoms with E-state index in [-0.39, 0.29) is 5.91 Å². The molecule has 0 aliphatic carbocycles. The lowest BCUT2D eigenvalue weighted by molar-refractivity contribution is 0.0779. The molecule has 1 amide bonds. The van der Waals surface area contributed by atoms with Crippen LogP contribution in [-0.4, -0.2) is 34.4 Å². The summed E-state index contributed by atoms with van der Waals surface area (Å²) in [6, 6.07) is 7.73. The third-order valence-corrected chi connectivity index (χ3v) is 2.81. The summed E-state index contributed by atoms with van der Waals surface area (Å²) in [6.45, 7) is 0.808. The van der Waals surface area contributed by atoms with E-state index < -0.39 is 0 Å². The van der Waals surface area contributed by atoms with Gasteiger partial charge in [0, 0.05) is 31.5 Å². The van der Waals surface area contributed by atoms with E-state index in [1.165, 1.54) is 18.6 Å². The lowest BCUT2D eigenvalue weighted by atomic mass is 10.1. The van der Waals surface area contributed by atoms with E-state index in [9.17, 15) is 4.79 Å². The Balaban J connectivity index is 2.09. The first-order valence-corrected chi connectivity index (χ1v) is 6.50. The smallest absolute Gasteiger partial charge is 0.274 e. The van der Waals surface area contributed by atoms with E-state index in [1.807, 2.05) is 24.3 Å². The highest BCUT2D eigenvalue weighted by Crippen LogP contribution is 2.08. The molecular formula is C16H16N4O. The van der Waals surface area contributed by atoms with E-state index >= 15 is 0 Å². The average molecular weight is 280 g/mol. The minimum Gasteiger partial charge on any atom is -0.336 e. The molecule has 0 unspecified atom stereocenters. The Kier molecular flexibility index (Phi) is 5.02. The maximum Gasteiger partial charge on any atom is 0.274 e. The Morgan fingerprint density at radius 2 is 2.24 bits per heavy atom. The van der Waals surface area contributed by atoms with Gasteiger partial charge in [-0.05, 0) is 17.7 Å². The molecule has 2 aromatic rings. The van der Waals surface area contributed by atoms with Crippen LogP contribution in [0.3, 0.4) is 0 Å². The summed E-state index contributed by atoms with van der Waals surface area (Å²) in [6.07, 6.45) is 4.50.